The summed E-state index contributed by atoms with van der Waals surface area (Å²) in [5, 5.41) is 8.57. The molecule has 0 spiro atoms. The maximum absolute atomic E-state index is 13.7. The third kappa shape index (κ3) is 3.75. The van der Waals surface area contributed by atoms with Gasteiger partial charge in [0.1, 0.15) is 12.4 Å². The fraction of sp³-hybridized carbons (Fsp3) is 0.462. The van der Waals surface area contributed by atoms with Gasteiger partial charge in [-0.05, 0) is 19.1 Å². The molecule has 0 unspecified atom stereocenters. The molecule has 0 aromatic heterocycles. The number of halogens is 2. The van der Waals surface area contributed by atoms with Gasteiger partial charge in [0.15, 0.2) is 0 Å². The van der Waals surface area contributed by atoms with Crippen LogP contribution in [-0.2, 0) is 16.1 Å². The second kappa shape index (κ2) is 5.56. The van der Waals surface area contributed by atoms with E-state index in [4.69, 9.17) is 9.84 Å². The Morgan fingerprint density at radius 3 is 2.84 bits per heavy atom. The molecule has 6 heteroatoms. The van der Waals surface area contributed by atoms with E-state index in [1.165, 1.54) is 6.07 Å². The van der Waals surface area contributed by atoms with Crippen molar-refractivity contribution in [3.8, 4) is 0 Å². The molecule has 1 aromatic rings. The molecule has 0 radical (unpaired) electrons. The van der Waals surface area contributed by atoms with Gasteiger partial charge in [-0.15, -0.1) is 0 Å². The minimum atomic E-state index is -0.973. The lowest BCUT2D eigenvalue weighted by atomic mass is 9.95. The van der Waals surface area contributed by atoms with Crippen molar-refractivity contribution in [2.45, 2.75) is 19.1 Å². The van der Waals surface area contributed by atoms with E-state index in [-0.39, 0.29) is 12.4 Å². The monoisotopic (exact) mass is 331 g/mol. The topological polar surface area (TPSA) is 49.8 Å². The van der Waals surface area contributed by atoms with Gasteiger partial charge in [-0.25, -0.2) is 9.18 Å². The van der Waals surface area contributed by atoms with Gasteiger partial charge in [0.2, 0.25) is 0 Å². The molecule has 0 aliphatic carbocycles. The van der Waals surface area contributed by atoms with Gasteiger partial charge < -0.3 is 9.84 Å². The Kier molecular flexibility index (Phi) is 4.23. The SMILES string of the molecule is CC1(OCC(=O)O)CN(Cc2ccc(Br)cc2F)C1. The first-order valence-corrected chi connectivity index (χ1v) is 6.69. The number of rotatable bonds is 5. The molecule has 0 amide bonds. The van der Waals surface area contributed by atoms with E-state index in [2.05, 4.69) is 15.9 Å². The van der Waals surface area contributed by atoms with E-state index in [1.807, 2.05) is 11.8 Å². The summed E-state index contributed by atoms with van der Waals surface area (Å²) in [5.41, 5.74) is 0.188. The van der Waals surface area contributed by atoms with Gasteiger partial charge in [0.05, 0.1) is 5.60 Å². The zero-order valence-electron chi connectivity index (χ0n) is 10.5. The summed E-state index contributed by atoms with van der Waals surface area (Å²) in [4.78, 5) is 12.5. The van der Waals surface area contributed by atoms with Crippen LogP contribution in [0.3, 0.4) is 0 Å². The zero-order chi connectivity index (χ0) is 14.0. The molecule has 1 aliphatic rings. The molecule has 1 heterocycles. The van der Waals surface area contributed by atoms with Crippen LogP contribution in [-0.4, -0.2) is 41.3 Å². The smallest absolute Gasteiger partial charge is 0.329 e. The Bertz CT molecular complexity index is 489. The molecule has 0 saturated carbocycles. The number of nitrogens with zero attached hydrogens (tertiary/aromatic N) is 1. The van der Waals surface area contributed by atoms with Gasteiger partial charge >= 0.3 is 5.97 Å². The first kappa shape index (κ1) is 14.4. The lowest BCUT2D eigenvalue weighted by molar-refractivity contribution is -0.165. The van der Waals surface area contributed by atoms with Crippen LogP contribution in [0.15, 0.2) is 22.7 Å². The average molecular weight is 332 g/mol. The molecule has 104 valence electrons. The third-order valence-corrected chi connectivity index (χ3v) is 3.56. The van der Waals surface area contributed by atoms with Crippen LogP contribution in [0.1, 0.15) is 12.5 Å². The third-order valence-electron chi connectivity index (χ3n) is 3.07. The predicted octanol–water partition coefficient (Wildman–Crippen LogP) is 2.26. The van der Waals surface area contributed by atoms with Crippen LogP contribution in [0, 0.1) is 5.82 Å². The van der Waals surface area contributed by atoms with Gasteiger partial charge in [0.25, 0.3) is 0 Å². The number of likely N-dealkylation sites (tertiary alicyclic amines) is 1. The minimum Gasteiger partial charge on any atom is -0.480 e. The molecule has 0 atom stereocenters. The highest BCUT2D eigenvalue weighted by atomic mass is 79.9. The lowest BCUT2D eigenvalue weighted by Crippen LogP contribution is -2.61. The number of ether oxygens (including phenoxy) is 1. The van der Waals surface area contributed by atoms with E-state index in [9.17, 15) is 9.18 Å². The largest absolute Gasteiger partial charge is 0.480 e. The highest BCUT2D eigenvalue weighted by Gasteiger charge is 2.40. The van der Waals surface area contributed by atoms with Crippen LogP contribution in [0.5, 0.6) is 0 Å². The maximum Gasteiger partial charge on any atom is 0.329 e. The van der Waals surface area contributed by atoms with Crippen molar-refractivity contribution in [3.05, 3.63) is 34.1 Å². The summed E-state index contributed by atoms with van der Waals surface area (Å²) in [6.45, 7) is 3.29. The van der Waals surface area contributed by atoms with Crippen LogP contribution < -0.4 is 0 Å². The second-order valence-corrected chi connectivity index (χ2v) is 5.93. The molecule has 1 fully saturated rings. The fourth-order valence-corrected chi connectivity index (χ4v) is 2.56. The van der Waals surface area contributed by atoms with E-state index in [0.29, 0.717) is 29.7 Å². The Morgan fingerprint density at radius 2 is 2.26 bits per heavy atom. The molecule has 4 nitrogen and oxygen atoms in total. The molecular weight excluding hydrogens is 317 g/mol. The first-order valence-electron chi connectivity index (χ1n) is 5.90. The van der Waals surface area contributed by atoms with E-state index < -0.39 is 11.6 Å². The second-order valence-electron chi connectivity index (χ2n) is 5.01. The Hall–Kier alpha value is -0.980. The highest BCUT2D eigenvalue weighted by molar-refractivity contribution is 9.10. The van der Waals surface area contributed by atoms with Crippen LogP contribution in [0.2, 0.25) is 0 Å². The summed E-state index contributed by atoms with van der Waals surface area (Å²) in [5.74, 6) is -1.21. The number of carboxylic acid groups (broad SMARTS) is 1. The fourth-order valence-electron chi connectivity index (χ4n) is 2.23. The molecular formula is C13H15BrFNO3. The number of carboxylic acids is 1. The molecule has 0 bridgehead atoms. The van der Waals surface area contributed by atoms with Gasteiger partial charge in [0, 0.05) is 29.7 Å². The summed E-state index contributed by atoms with van der Waals surface area (Å²) in [7, 11) is 0. The van der Waals surface area contributed by atoms with Gasteiger partial charge in [-0.1, -0.05) is 22.0 Å². The number of hydrogen-bond donors (Lipinski definition) is 1. The minimum absolute atomic E-state index is 0.241. The quantitative estimate of drug-likeness (QED) is 0.899. The van der Waals surface area contributed by atoms with Crippen molar-refractivity contribution in [3.63, 3.8) is 0 Å². The average Bonchev–Trinajstić information content (AvgIpc) is 2.28. The molecule has 1 saturated heterocycles. The van der Waals surface area contributed by atoms with Crippen LogP contribution in [0.4, 0.5) is 4.39 Å². The van der Waals surface area contributed by atoms with E-state index in [0.717, 1.165) is 0 Å². The number of aliphatic carboxylic acids is 1. The Balaban J connectivity index is 1.85. The van der Waals surface area contributed by atoms with Crippen molar-refractivity contribution in [1.82, 2.24) is 4.90 Å². The molecule has 2 rings (SSSR count). The Labute approximate surface area is 119 Å². The summed E-state index contributed by atoms with van der Waals surface area (Å²) < 4.78 is 19.7. The normalized spacial score (nSPS) is 18.1. The van der Waals surface area contributed by atoms with Crippen LogP contribution >= 0.6 is 15.9 Å². The molecule has 1 N–H and O–H groups in total. The first-order chi connectivity index (χ1) is 8.88. The number of carbonyl (C=O) groups is 1. The van der Waals surface area contributed by atoms with Gasteiger partial charge in [-0.3, -0.25) is 4.90 Å². The van der Waals surface area contributed by atoms with Crippen molar-refractivity contribution in [2.75, 3.05) is 19.7 Å². The summed E-state index contributed by atoms with van der Waals surface area (Å²) in [6, 6.07) is 4.99. The van der Waals surface area contributed by atoms with Crippen LogP contribution in [0.25, 0.3) is 0 Å². The van der Waals surface area contributed by atoms with Crippen molar-refractivity contribution in [1.29, 1.82) is 0 Å². The zero-order valence-corrected chi connectivity index (χ0v) is 12.1. The standard InChI is InChI=1S/C13H15BrFNO3/c1-13(19-6-12(17)18)7-16(8-13)5-9-2-3-10(14)4-11(9)15/h2-4H,5-8H2,1H3,(H,17,18). The van der Waals surface area contributed by atoms with E-state index in [1.54, 1.807) is 12.1 Å². The van der Waals surface area contributed by atoms with E-state index >= 15 is 0 Å². The van der Waals surface area contributed by atoms with Gasteiger partial charge in [-0.2, -0.15) is 0 Å². The molecule has 1 aliphatic heterocycles. The van der Waals surface area contributed by atoms with Crippen molar-refractivity contribution < 1.29 is 19.0 Å². The number of hydrogen-bond acceptors (Lipinski definition) is 3. The lowest BCUT2D eigenvalue weighted by Gasteiger charge is -2.47. The summed E-state index contributed by atoms with van der Waals surface area (Å²) in [6.07, 6.45) is 0. The molecule has 19 heavy (non-hydrogen) atoms. The van der Waals surface area contributed by atoms with Crippen molar-refractivity contribution >= 4 is 21.9 Å². The number of benzene rings is 1. The predicted molar refractivity (Wildman–Crippen MR) is 71.4 cm³/mol. The highest BCUT2D eigenvalue weighted by Crippen LogP contribution is 2.27. The van der Waals surface area contributed by atoms with Crippen molar-refractivity contribution in [2.24, 2.45) is 0 Å². The maximum atomic E-state index is 13.7. The Morgan fingerprint density at radius 1 is 1.58 bits per heavy atom. The molecule has 1 aromatic carbocycles. The summed E-state index contributed by atoms with van der Waals surface area (Å²) >= 11 is 3.22.